The van der Waals surface area contributed by atoms with E-state index < -0.39 is 19.1 Å². The second-order valence-electron chi connectivity index (χ2n) is 12.1. The van der Waals surface area contributed by atoms with Crippen molar-refractivity contribution >= 4 is 19.1 Å². The summed E-state index contributed by atoms with van der Waals surface area (Å²) in [6, 6.07) is 16.0. The van der Waals surface area contributed by atoms with E-state index in [0.717, 1.165) is 42.1 Å². The molecule has 4 nitrogen and oxygen atoms in total. The number of hydrogen-bond donors (Lipinski definition) is 0. The van der Waals surface area contributed by atoms with E-state index in [1.165, 1.54) is 11.1 Å². The molecule has 2 aromatic rings. The Morgan fingerprint density at radius 1 is 1.05 bits per heavy atom. The zero-order chi connectivity index (χ0) is 28.3. The van der Waals surface area contributed by atoms with E-state index >= 15 is 0 Å². The lowest BCUT2D eigenvalue weighted by Crippen LogP contribution is -2.44. The van der Waals surface area contributed by atoms with Crippen molar-refractivity contribution in [3.05, 3.63) is 71.3 Å². The van der Waals surface area contributed by atoms with Gasteiger partial charge in [0.1, 0.15) is 5.75 Å². The van der Waals surface area contributed by atoms with Crippen molar-refractivity contribution in [2.75, 3.05) is 19.5 Å². The van der Waals surface area contributed by atoms with Crippen LogP contribution in [0.25, 0.3) is 0 Å². The molecule has 0 amide bonds. The predicted molar refractivity (Wildman–Crippen MR) is 164 cm³/mol. The highest BCUT2D eigenvalue weighted by Crippen LogP contribution is 2.38. The molecule has 6 heteroatoms. The fourth-order valence-electron chi connectivity index (χ4n) is 3.92. The quantitative estimate of drug-likeness (QED) is 0.162. The zero-order valence-electron chi connectivity index (χ0n) is 25.1. The van der Waals surface area contributed by atoms with Gasteiger partial charge >= 0.3 is 0 Å². The van der Waals surface area contributed by atoms with Crippen LogP contribution in [0.1, 0.15) is 65.0 Å². The monoisotopic (exact) mass is 558 g/mol. The SMILES string of the molecule is COc1ccc(COCC(C)CCC/C(C)=C\[C@@H](C[S@@](=O)c2ccc(C)cc2)O[Si](C)(C)C(C)(C)C)cc1. The van der Waals surface area contributed by atoms with E-state index in [2.05, 4.69) is 60.7 Å². The Morgan fingerprint density at radius 2 is 1.68 bits per heavy atom. The van der Waals surface area contributed by atoms with E-state index in [1.54, 1.807) is 7.11 Å². The van der Waals surface area contributed by atoms with E-state index in [4.69, 9.17) is 13.9 Å². The maximum absolute atomic E-state index is 13.2. The van der Waals surface area contributed by atoms with Crippen LogP contribution in [-0.2, 0) is 26.6 Å². The van der Waals surface area contributed by atoms with Gasteiger partial charge in [0, 0.05) is 11.5 Å². The fourth-order valence-corrected chi connectivity index (χ4v) is 6.40. The second kappa shape index (κ2) is 15.2. The maximum atomic E-state index is 13.2. The van der Waals surface area contributed by atoms with Gasteiger partial charge in [-0.2, -0.15) is 0 Å². The van der Waals surface area contributed by atoms with Gasteiger partial charge in [0.15, 0.2) is 8.32 Å². The second-order valence-corrected chi connectivity index (χ2v) is 18.4. The average Bonchev–Trinajstić information content (AvgIpc) is 2.83. The van der Waals surface area contributed by atoms with E-state index in [-0.39, 0.29) is 11.1 Å². The topological polar surface area (TPSA) is 44.8 Å². The number of rotatable bonds is 15. The van der Waals surface area contributed by atoms with Gasteiger partial charge in [-0.25, -0.2) is 0 Å². The minimum absolute atomic E-state index is 0.0968. The Labute approximate surface area is 235 Å². The fraction of sp³-hybridized carbons (Fsp3) is 0.562. The highest BCUT2D eigenvalue weighted by Gasteiger charge is 2.39. The Balaban J connectivity index is 1.91. The normalized spacial score (nSPS) is 15.2. The molecule has 212 valence electrons. The first-order chi connectivity index (χ1) is 17.8. The summed E-state index contributed by atoms with van der Waals surface area (Å²) in [5, 5.41) is 0.0968. The maximum Gasteiger partial charge on any atom is 0.192 e. The molecular formula is C32H50O4SSi. The Bertz CT molecular complexity index is 1020. The van der Waals surface area contributed by atoms with Crippen molar-refractivity contribution in [1.82, 2.24) is 0 Å². The minimum Gasteiger partial charge on any atom is -0.497 e. The Morgan fingerprint density at radius 3 is 2.26 bits per heavy atom. The van der Waals surface area contributed by atoms with Gasteiger partial charge in [-0.15, -0.1) is 0 Å². The third-order valence-corrected chi connectivity index (χ3v) is 13.4. The van der Waals surface area contributed by atoms with Crippen LogP contribution >= 0.6 is 0 Å². The number of hydrogen-bond acceptors (Lipinski definition) is 4. The number of methoxy groups -OCH3 is 1. The minimum atomic E-state index is -2.01. The number of aryl methyl sites for hydroxylation is 1. The summed E-state index contributed by atoms with van der Waals surface area (Å²) in [6.07, 6.45) is 5.30. The molecule has 0 bridgehead atoms. The molecule has 0 N–H and O–H groups in total. The van der Waals surface area contributed by atoms with Crippen molar-refractivity contribution in [3.63, 3.8) is 0 Å². The Kier molecular flexibility index (Phi) is 13.0. The van der Waals surface area contributed by atoms with Gasteiger partial charge in [-0.3, -0.25) is 4.21 Å². The molecule has 0 aliphatic heterocycles. The van der Waals surface area contributed by atoms with Crippen molar-refractivity contribution in [2.45, 2.75) is 96.5 Å². The van der Waals surface area contributed by atoms with Crippen LogP contribution in [0.5, 0.6) is 5.75 Å². The largest absolute Gasteiger partial charge is 0.497 e. The number of ether oxygens (including phenoxy) is 2. The summed E-state index contributed by atoms with van der Waals surface area (Å²) >= 11 is 0. The summed E-state index contributed by atoms with van der Waals surface area (Å²) < 4.78 is 31.2. The van der Waals surface area contributed by atoms with Gasteiger partial charge < -0.3 is 13.9 Å². The molecule has 1 unspecified atom stereocenters. The lowest BCUT2D eigenvalue weighted by atomic mass is 10.0. The lowest BCUT2D eigenvalue weighted by molar-refractivity contribution is 0.0889. The average molecular weight is 559 g/mol. The summed E-state index contributed by atoms with van der Waals surface area (Å²) in [5.74, 6) is 1.85. The molecule has 0 saturated heterocycles. The van der Waals surface area contributed by atoms with Gasteiger partial charge in [0.2, 0.25) is 0 Å². The summed E-state index contributed by atoms with van der Waals surface area (Å²) in [7, 11) is -1.44. The standard InChI is InChI=1S/C32H50O4SSi/c1-25-13-19-31(20-14-25)37(33)24-30(36-38(8,9)32(4,5)6)21-26(2)11-10-12-27(3)22-35-23-28-15-17-29(34-7)18-16-28/h13-21,27,30H,10-12,22-24H2,1-9H3/b26-21-/t27?,30-,37+/m0/s1. The van der Waals surface area contributed by atoms with Crippen LogP contribution in [0.2, 0.25) is 18.1 Å². The molecule has 38 heavy (non-hydrogen) atoms. The molecule has 0 radical (unpaired) electrons. The highest BCUT2D eigenvalue weighted by atomic mass is 32.2. The van der Waals surface area contributed by atoms with Crippen LogP contribution in [0.4, 0.5) is 0 Å². The van der Waals surface area contributed by atoms with Gasteiger partial charge in [0.05, 0.1) is 36.4 Å². The van der Waals surface area contributed by atoms with Gasteiger partial charge in [0.25, 0.3) is 0 Å². The molecule has 2 aromatic carbocycles. The van der Waals surface area contributed by atoms with E-state index in [0.29, 0.717) is 18.3 Å². The van der Waals surface area contributed by atoms with Gasteiger partial charge in [-0.1, -0.05) is 69.2 Å². The van der Waals surface area contributed by atoms with Crippen molar-refractivity contribution in [3.8, 4) is 5.75 Å². The van der Waals surface area contributed by atoms with Gasteiger partial charge in [-0.05, 0) is 87.0 Å². The molecule has 0 aliphatic rings. The number of benzene rings is 2. The summed E-state index contributed by atoms with van der Waals surface area (Å²) in [4.78, 5) is 0.869. The van der Waals surface area contributed by atoms with Crippen LogP contribution < -0.4 is 4.74 Å². The molecule has 0 saturated carbocycles. The van der Waals surface area contributed by atoms with Crippen molar-refractivity contribution < 1.29 is 18.1 Å². The van der Waals surface area contributed by atoms with E-state index in [9.17, 15) is 4.21 Å². The molecule has 0 fully saturated rings. The summed E-state index contributed by atoms with van der Waals surface area (Å²) in [5.41, 5.74) is 3.64. The molecule has 0 aliphatic carbocycles. The van der Waals surface area contributed by atoms with Crippen molar-refractivity contribution in [2.24, 2.45) is 5.92 Å². The van der Waals surface area contributed by atoms with Crippen LogP contribution in [-0.4, -0.2) is 38.1 Å². The van der Waals surface area contributed by atoms with Crippen LogP contribution in [0.3, 0.4) is 0 Å². The smallest absolute Gasteiger partial charge is 0.192 e. The molecule has 3 atom stereocenters. The third kappa shape index (κ3) is 11.2. The summed E-state index contributed by atoms with van der Waals surface area (Å²) in [6.45, 7) is 19.2. The van der Waals surface area contributed by atoms with Crippen LogP contribution in [0.15, 0.2) is 65.1 Å². The first kappa shape index (κ1) is 32.5. The number of allylic oxidation sites excluding steroid dienone is 1. The molecule has 0 heterocycles. The lowest BCUT2D eigenvalue weighted by Gasteiger charge is -2.38. The molecule has 0 spiro atoms. The van der Waals surface area contributed by atoms with E-state index in [1.807, 2.05) is 48.5 Å². The zero-order valence-corrected chi connectivity index (χ0v) is 27.0. The predicted octanol–water partition coefficient (Wildman–Crippen LogP) is 8.47. The first-order valence-electron chi connectivity index (χ1n) is 13.8. The molecule has 2 rings (SSSR count). The first-order valence-corrected chi connectivity index (χ1v) is 18.0. The van der Waals surface area contributed by atoms with Crippen LogP contribution in [0, 0.1) is 12.8 Å². The highest BCUT2D eigenvalue weighted by molar-refractivity contribution is 7.85. The third-order valence-electron chi connectivity index (χ3n) is 7.42. The van der Waals surface area contributed by atoms with Crippen molar-refractivity contribution in [1.29, 1.82) is 0 Å². The Hall–Kier alpha value is -1.73. The molecular weight excluding hydrogens is 509 g/mol. The molecule has 0 aromatic heterocycles.